The lowest BCUT2D eigenvalue weighted by Crippen LogP contribution is -2.62. The Balaban J connectivity index is 3.13. The number of hydrogen-bond acceptors (Lipinski definition) is 4. The van der Waals surface area contributed by atoms with E-state index in [-0.39, 0.29) is 6.67 Å². The maximum absolute atomic E-state index is 12.3. The van der Waals surface area contributed by atoms with Crippen molar-refractivity contribution in [1.82, 2.24) is 5.32 Å². The van der Waals surface area contributed by atoms with Crippen LogP contribution in [-0.4, -0.2) is 35.9 Å². The Hall–Kier alpha value is -1.64. The second kappa shape index (κ2) is 3.74. The standard InChI is InChI=1S/C7H9F3N4O2/c8-7(9,10)1-6(5(12)16)3(4(11)15)13-2-14-6/h14H,1-2H2,(H2,11,15)(H2,12,16). The minimum Gasteiger partial charge on any atom is -0.368 e. The quantitative estimate of drug-likeness (QED) is 0.565. The van der Waals surface area contributed by atoms with E-state index in [2.05, 4.69) is 10.3 Å². The Morgan fingerprint density at radius 2 is 2.00 bits per heavy atom. The summed E-state index contributed by atoms with van der Waals surface area (Å²) < 4.78 is 36.9. The van der Waals surface area contributed by atoms with Crippen LogP contribution < -0.4 is 16.8 Å². The predicted octanol–water partition coefficient (Wildman–Crippen LogP) is -1.35. The summed E-state index contributed by atoms with van der Waals surface area (Å²) in [6.07, 6.45) is -6.29. The fraction of sp³-hybridized carbons (Fsp3) is 0.571. The molecule has 0 spiro atoms. The van der Waals surface area contributed by atoms with Crippen LogP contribution >= 0.6 is 0 Å². The van der Waals surface area contributed by atoms with Crippen LogP contribution in [-0.2, 0) is 9.59 Å². The van der Waals surface area contributed by atoms with Crippen molar-refractivity contribution in [3.05, 3.63) is 0 Å². The molecule has 1 unspecified atom stereocenters. The van der Waals surface area contributed by atoms with E-state index in [1.54, 1.807) is 0 Å². The largest absolute Gasteiger partial charge is 0.391 e. The van der Waals surface area contributed by atoms with Crippen LogP contribution in [0.2, 0.25) is 0 Å². The first-order valence-corrected chi connectivity index (χ1v) is 4.15. The predicted molar refractivity (Wildman–Crippen MR) is 47.2 cm³/mol. The van der Waals surface area contributed by atoms with Crippen LogP contribution in [0.3, 0.4) is 0 Å². The van der Waals surface area contributed by atoms with Crippen LogP contribution in [0.5, 0.6) is 0 Å². The molecule has 0 aromatic heterocycles. The summed E-state index contributed by atoms with van der Waals surface area (Å²) in [6, 6.07) is 0. The number of nitrogens with two attached hydrogens (primary N) is 2. The fourth-order valence-electron chi connectivity index (χ4n) is 1.50. The van der Waals surface area contributed by atoms with Gasteiger partial charge >= 0.3 is 6.18 Å². The monoisotopic (exact) mass is 238 g/mol. The summed E-state index contributed by atoms with van der Waals surface area (Å²) in [7, 11) is 0. The highest BCUT2D eigenvalue weighted by Gasteiger charge is 2.53. The Labute approximate surface area is 87.9 Å². The van der Waals surface area contributed by atoms with E-state index in [0.717, 1.165) is 0 Å². The molecule has 5 N–H and O–H groups in total. The van der Waals surface area contributed by atoms with Crippen LogP contribution in [0.15, 0.2) is 4.99 Å². The number of primary amides is 2. The van der Waals surface area contributed by atoms with Crippen LogP contribution in [0.25, 0.3) is 0 Å². The van der Waals surface area contributed by atoms with Crippen molar-refractivity contribution in [1.29, 1.82) is 0 Å². The Morgan fingerprint density at radius 1 is 1.44 bits per heavy atom. The van der Waals surface area contributed by atoms with Crippen LogP contribution in [0.1, 0.15) is 6.42 Å². The normalized spacial score (nSPS) is 25.3. The third kappa shape index (κ3) is 2.13. The van der Waals surface area contributed by atoms with Gasteiger partial charge in [0, 0.05) is 0 Å². The van der Waals surface area contributed by atoms with Gasteiger partial charge in [-0.25, -0.2) is 0 Å². The Morgan fingerprint density at radius 3 is 2.38 bits per heavy atom. The van der Waals surface area contributed by atoms with Gasteiger partial charge in [0.05, 0.1) is 13.1 Å². The SMILES string of the molecule is NC(=O)C1=NCNC1(CC(F)(F)F)C(N)=O. The Bertz CT molecular complexity index is 365. The van der Waals surface area contributed by atoms with E-state index in [0.29, 0.717) is 0 Å². The number of hydrogen-bond donors (Lipinski definition) is 3. The molecule has 1 aliphatic heterocycles. The second-order valence-corrected chi connectivity index (χ2v) is 3.27. The highest BCUT2D eigenvalue weighted by molar-refractivity contribution is 6.46. The van der Waals surface area contributed by atoms with Gasteiger partial charge in [0.1, 0.15) is 5.71 Å². The van der Waals surface area contributed by atoms with Crippen molar-refractivity contribution in [2.24, 2.45) is 16.5 Å². The Kier molecular flexibility index (Phi) is 2.91. The zero-order valence-electron chi connectivity index (χ0n) is 7.97. The first-order valence-electron chi connectivity index (χ1n) is 4.15. The summed E-state index contributed by atoms with van der Waals surface area (Å²) in [5.74, 6) is -2.53. The van der Waals surface area contributed by atoms with Crippen LogP contribution in [0, 0.1) is 0 Å². The van der Waals surface area contributed by atoms with Gasteiger partial charge in [-0.3, -0.25) is 19.9 Å². The lowest BCUT2D eigenvalue weighted by atomic mass is 9.88. The van der Waals surface area contributed by atoms with E-state index in [1.165, 1.54) is 0 Å². The molecule has 0 saturated carbocycles. The van der Waals surface area contributed by atoms with Crippen molar-refractivity contribution in [2.45, 2.75) is 18.1 Å². The average molecular weight is 238 g/mol. The molecular weight excluding hydrogens is 229 g/mol. The molecule has 0 bridgehead atoms. The number of halogens is 3. The summed E-state index contributed by atoms with van der Waals surface area (Å²) in [5.41, 5.74) is 6.70. The molecule has 1 atom stereocenters. The smallest absolute Gasteiger partial charge is 0.368 e. The number of nitrogens with one attached hydrogen (secondary N) is 1. The third-order valence-corrected chi connectivity index (χ3v) is 2.14. The molecule has 90 valence electrons. The molecule has 0 aromatic rings. The molecule has 16 heavy (non-hydrogen) atoms. The number of nitrogens with zero attached hydrogens (tertiary/aromatic N) is 1. The molecule has 2 amide bonds. The van der Waals surface area contributed by atoms with Crippen molar-refractivity contribution in [2.75, 3.05) is 6.67 Å². The molecule has 9 heteroatoms. The van der Waals surface area contributed by atoms with Crippen molar-refractivity contribution in [3.63, 3.8) is 0 Å². The number of amides is 2. The first kappa shape index (κ1) is 12.4. The second-order valence-electron chi connectivity index (χ2n) is 3.27. The summed E-state index contributed by atoms with van der Waals surface area (Å²) in [5, 5.41) is 2.16. The van der Waals surface area contributed by atoms with Crippen molar-refractivity contribution < 1.29 is 22.8 Å². The molecule has 0 radical (unpaired) electrons. The van der Waals surface area contributed by atoms with Gasteiger partial charge in [-0.15, -0.1) is 0 Å². The van der Waals surface area contributed by atoms with Gasteiger partial charge in [0.2, 0.25) is 5.91 Å². The maximum Gasteiger partial charge on any atom is 0.391 e. The van der Waals surface area contributed by atoms with E-state index in [1.807, 2.05) is 0 Å². The molecule has 0 saturated heterocycles. The molecule has 1 rings (SSSR count). The highest BCUT2D eigenvalue weighted by atomic mass is 19.4. The van der Waals surface area contributed by atoms with E-state index in [9.17, 15) is 22.8 Å². The minimum atomic E-state index is -4.68. The molecule has 0 aliphatic carbocycles. The molecule has 1 heterocycles. The summed E-state index contributed by atoms with van der Waals surface area (Å²) in [6.45, 7) is -0.308. The lowest BCUT2D eigenvalue weighted by Gasteiger charge is -2.27. The number of carbonyl (C=O) groups is 2. The van der Waals surface area contributed by atoms with Gasteiger partial charge in [-0.1, -0.05) is 0 Å². The minimum absolute atomic E-state index is 0.308. The molecular formula is C7H9F3N4O2. The van der Waals surface area contributed by atoms with E-state index >= 15 is 0 Å². The zero-order valence-corrected chi connectivity index (χ0v) is 7.97. The number of carbonyl (C=O) groups excluding carboxylic acids is 2. The van der Waals surface area contributed by atoms with Gasteiger partial charge in [0.15, 0.2) is 5.54 Å². The van der Waals surface area contributed by atoms with Gasteiger partial charge in [-0.05, 0) is 0 Å². The average Bonchev–Trinajstić information content (AvgIpc) is 2.45. The third-order valence-electron chi connectivity index (χ3n) is 2.14. The first-order chi connectivity index (χ1) is 7.19. The molecule has 0 aromatic carbocycles. The van der Waals surface area contributed by atoms with Gasteiger partial charge in [0.25, 0.3) is 5.91 Å². The molecule has 6 nitrogen and oxygen atoms in total. The molecule has 1 aliphatic rings. The van der Waals surface area contributed by atoms with Crippen molar-refractivity contribution in [3.8, 4) is 0 Å². The fourth-order valence-corrected chi connectivity index (χ4v) is 1.50. The number of aliphatic imine (C=N–C) groups is 1. The zero-order chi connectivity index (χ0) is 12.6. The summed E-state index contributed by atoms with van der Waals surface area (Å²) in [4.78, 5) is 25.4. The maximum atomic E-state index is 12.3. The molecule has 0 fully saturated rings. The van der Waals surface area contributed by atoms with Crippen LogP contribution in [0.4, 0.5) is 13.2 Å². The van der Waals surface area contributed by atoms with E-state index in [4.69, 9.17) is 11.5 Å². The van der Waals surface area contributed by atoms with Gasteiger partial charge in [-0.2, -0.15) is 13.2 Å². The van der Waals surface area contributed by atoms with Crippen molar-refractivity contribution >= 4 is 17.5 Å². The summed E-state index contributed by atoms with van der Waals surface area (Å²) >= 11 is 0. The van der Waals surface area contributed by atoms with Gasteiger partial charge < -0.3 is 11.5 Å². The topological polar surface area (TPSA) is 111 Å². The highest BCUT2D eigenvalue weighted by Crippen LogP contribution is 2.30. The number of rotatable bonds is 3. The van der Waals surface area contributed by atoms with E-state index < -0.39 is 35.7 Å². The number of alkyl halides is 3. The lowest BCUT2D eigenvalue weighted by molar-refractivity contribution is -0.152.